The molecule has 1 aromatic heterocycles. The molecule has 0 saturated carbocycles. The fourth-order valence-electron chi connectivity index (χ4n) is 4.04. The number of anilines is 1. The van der Waals surface area contributed by atoms with E-state index in [0.717, 1.165) is 46.7 Å². The molecule has 5 heteroatoms. The summed E-state index contributed by atoms with van der Waals surface area (Å²) in [5.41, 5.74) is 9.08. The Balaban J connectivity index is 1.58. The lowest BCUT2D eigenvalue weighted by Gasteiger charge is -2.29. The molecule has 2 N–H and O–H groups in total. The highest BCUT2D eigenvalue weighted by atomic mass is 16.4. The molecule has 2 aromatic carbocycles. The van der Waals surface area contributed by atoms with Gasteiger partial charge in [0.2, 0.25) is 0 Å². The predicted molar refractivity (Wildman–Crippen MR) is 124 cm³/mol. The van der Waals surface area contributed by atoms with Crippen LogP contribution in [0.1, 0.15) is 58.8 Å². The number of rotatable bonds is 5. The highest BCUT2D eigenvalue weighted by Gasteiger charge is 2.36. The van der Waals surface area contributed by atoms with E-state index in [9.17, 15) is 4.79 Å². The first kappa shape index (κ1) is 20.9. The molecule has 1 heterocycles. The quantitative estimate of drug-likeness (QED) is 0.532. The van der Waals surface area contributed by atoms with Crippen LogP contribution in [0.5, 0.6) is 0 Å². The zero-order chi connectivity index (χ0) is 22.0. The van der Waals surface area contributed by atoms with Gasteiger partial charge in [-0.1, -0.05) is 61.9 Å². The number of carbonyl (C=O) groups excluding carboxylic acids is 1. The number of nitrogens with one attached hydrogen (secondary N) is 2. The number of nitrogens with zero attached hydrogens (tertiary/aromatic N) is 1. The second-order valence-corrected chi connectivity index (χ2v) is 9.08. The molecule has 0 bridgehead atoms. The van der Waals surface area contributed by atoms with E-state index in [2.05, 4.69) is 24.6 Å². The molecule has 5 nitrogen and oxygen atoms in total. The standard InChI is InChI=1S/C26H29N3O2/c1-17-10-12-19(13-11-17)16-27-25(30)24-18(2)23-21(14-26(3,4)15-22(23)31-24)29-28-20-8-6-5-7-9-20/h5-13,28H,14-16H2,1-4H3,(H,27,30)/b29-21-. The van der Waals surface area contributed by atoms with Gasteiger partial charge in [0.1, 0.15) is 5.76 Å². The van der Waals surface area contributed by atoms with Crippen LogP contribution in [0.4, 0.5) is 5.69 Å². The van der Waals surface area contributed by atoms with Gasteiger partial charge in [-0.2, -0.15) is 5.10 Å². The van der Waals surface area contributed by atoms with Crippen molar-refractivity contribution in [1.82, 2.24) is 5.32 Å². The molecule has 0 atom stereocenters. The number of fused-ring (bicyclic) bond motifs is 1. The third-order valence-corrected chi connectivity index (χ3v) is 5.67. The minimum atomic E-state index is -0.194. The summed E-state index contributed by atoms with van der Waals surface area (Å²) in [6, 6.07) is 18.0. The first-order valence-electron chi connectivity index (χ1n) is 10.7. The Hall–Kier alpha value is -3.34. The average Bonchev–Trinajstić information content (AvgIpc) is 3.07. The van der Waals surface area contributed by atoms with Crippen molar-refractivity contribution in [3.63, 3.8) is 0 Å². The Bertz CT molecular complexity index is 1110. The number of amides is 1. The van der Waals surface area contributed by atoms with Crippen molar-refractivity contribution in [1.29, 1.82) is 0 Å². The van der Waals surface area contributed by atoms with Gasteiger partial charge in [-0.15, -0.1) is 0 Å². The Morgan fingerprint density at radius 1 is 1.03 bits per heavy atom. The van der Waals surface area contributed by atoms with Gasteiger partial charge in [0.15, 0.2) is 5.76 Å². The molecule has 160 valence electrons. The smallest absolute Gasteiger partial charge is 0.287 e. The Labute approximate surface area is 183 Å². The summed E-state index contributed by atoms with van der Waals surface area (Å²) in [5, 5.41) is 7.69. The topological polar surface area (TPSA) is 66.6 Å². The van der Waals surface area contributed by atoms with E-state index in [1.165, 1.54) is 5.56 Å². The van der Waals surface area contributed by atoms with E-state index < -0.39 is 0 Å². The molecule has 31 heavy (non-hydrogen) atoms. The number of hydrogen-bond donors (Lipinski definition) is 2. The SMILES string of the molecule is Cc1ccc(CNC(=O)c2oc3c(c2C)/C(=N\Nc2ccccc2)CC(C)(C)C3)cc1. The van der Waals surface area contributed by atoms with Gasteiger partial charge in [-0.3, -0.25) is 10.2 Å². The number of furan rings is 1. The summed E-state index contributed by atoms with van der Waals surface area (Å²) < 4.78 is 6.10. The maximum absolute atomic E-state index is 12.9. The zero-order valence-corrected chi connectivity index (χ0v) is 18.6. The van der Waals surface area contributed by atoms with Crippen LogP contribution < -0.4 is 10.7 Å². The number of hydrogen-bond acceptors (Lipinski definition) is 4. The number of hydrazone groups is 1. The van der Waals surface area contributed by atoms with E-state index in [1.807, 2.05) is 68.4 Å². The van der Waals surface area contributed by atoms with Crippen LogP contribution in [0.3, 0.4) is 0 Å². The Morgan fingerprint density at radius 3 is 2.45 bits per heavy atom. The minimum absolute atomic E-state index is 0.00411. The second kappa shape index (κ2) is 8.42. The lowest BCUT2D eigenvalue weighted by molar-refractivity contribution is 0.0919. The van der Waals surface area contributed by atoms with Crippen LogP contribution >= 0.6 is 0 Å². The molecule has 0 radical (unpaired) electrons. The third-order valence-electron chi connectivity index (χ3n) is 5.67. The summed E-state index contributed by atoms with van der Waals surface area (Å²) in [6.45, 7) is 8.85. The molecule has 0 fully saturated rings. The molecule has 1 amide bonds. The molecule has 0 spiro atoms. The summed E-state index contributed by atoms with van der Waals surface area (Å²) in [7, 11) is 0. The van der Waals surface area contributed by atoms with Gasteiger partial charge in [0.05, 0.1) is 11.4 Å². The normalized spacial score (nSPS) is 16.1. The van der Waals surface area contributed by atoms with Crippen molar-refractivity contribution < 1.29 is 9.21 Å². The van der Waals surface area contributed by atoms with E-state index in [0.29, 0.717) is 12.3 Å². The lowest BCUT2D eigenvalue weighted by Crippen LogP contribution is -2.27. The van der Waals surface area contributed by atoms with Crippen LogP contribution in [0.2, 0.25) is 0 Å². The largest absolute Gasteiger partial charge is 0.455 e. The van der Waals surface area contributed by atoms with Crippen molar-refractivity contribution in [3.05, 3.63) is 88.4 Å². The highest BCUT2D eigenvalue weighted by Crippen LogP contribution is 2.39. The lowest BCUT2D eigenvalue weighted by atomic mass is 9.75. The van der Waals surface area contributed by atoms with Crippen LogP contribution in [0.25, 0.3) is 0 Å². The van der Waals surface area contributed by atoms with Gasteiger partial charge in [0.25, 0.3) is 5.91 Å². The molecule has 1 aliphatic rings. The number of aryl methyl sites for hydroxylation is 1. The van der Waals surface area contributed by atoms with Crippen LogP contribution in [0, 0.1) is 19.3 Å². The molecule has 0 aliphatic heterocycles. The van der Waals surface area contributed by atoms with E-state index in [-0.39, 0.29) is 11.3 Å². The molecular weight excluding hydrogens is 386 g/mol. The minimum Gasteiger partial charge on any atom is -0.455 e. The van der Waals surface area contributed by atoms with Crippen molar-refractivity contribution >= 4 is 17.3 Å². The first-order chi connectivity index (χ1) is 14.8. The molecule has 4 rings (SSSR count). The van der Waals surface area contributed by atoms with Gasteiger partial charge in [0, 0.05) is 24.1 Å². The molecule has 1 aliphatic carbocycles. The molecule has 0 unspecified atom stereocenters. The molecule has 0 saturated heterocycles. The van der Waals surface area contributed by atoms with Gasteiger partial charge in [-0.05, 0) is 43.4 Å². The maximum Gasteiger partial charge on any atom is 0.287 e. The average molecular weight is 416 g/mol. The summed E-state index contributed by atoms with van der Waals surface area (Å²) in [6.07, 6.45) is 1.59. The number of benzene rings is 2. The summed E-state index contributed by atoms with van der Waals surface area (Å²) >= 11 is 0. The Kier molecular flexibility index (Phi) is 5.68. The predicted octanol–water partition coefficient (Wildman–Crippen LogP) is 5.62. The third kappa shape index (κ3) is 4.71. The van der Waals surface area contributed by atoms with Crippen LogP contribution in [0.15, 0.2) is 64.1 Å². The number of para-hydroxylation sites is 1. The fourth-order valence-corrected chi connectivity index (χ4v) is 4.04. The maximum atomic E-state index is 12.9. The van der Waals surface area contributed by atoms with E-state index >= 15 is 0 Å². The first-order valence-corrected chi connectivity index (χ1v) is 10.7. The van der Waals surface area contributed by atoms with Crippen molar-refractivity contribution in [2.45, 2.75) is 47.1 Å². The second-order valence-electron chi connectivity index (χ2n) is 9.08. The summed E-state index contributed by atoms with van der Waals surface area (Å²) in [4.78, 5) is 12.9. The zero-order valence-electron chi connectivity index (χ0n) is 18.6. The summed E-state index contributed by atoms with van der Waals surface area (Å²) in [5.74, 6) is 1.02. The monoisotopic (exact) mass is 415 g/mol. The van der Waals surface area contributed by atoms with E-state index in [4.69, 9.17) is 9.52 Å². The highest BCUT2D eigenvalue weighted by molar-refractivity contribution is 6.07. The van der Waals surface area contributed by atoms with Crippen molar-refractivity contribution in [2.75, 3.05) is 5.43 Å². The van der Waals surface area contributed by atoms with Gasteiger partial charge < -0.3 is 9.73 Å². The van der Waals surface area contributed by atoms with Gasteiger partial charge in [-0.25, -0.2) is 0 Å². The fraction of sp³-hybridized carbons (Fsp3) is 0.308. The molecule has 3 aromatic rings. The van der Waals surface area contributed by atoms with Gasteiger partial charge >= 0.3 is 0 Å². The van der Waals surface area contributed by atoms with Crippen LogP contribution in [-0.2, 0) is 13.0 Å². The van der Waals surface area contributed by atoms with E-state index in [1.54, 1.807) is 0 Å². The number of carbonyl (C=O) groups is 1. The van der Waals surface area contributed by atoms with Crippen molar-refractivity contribution in [3.8, 4) is 0 Å². The van der Waals surface area contributed by atoms with Crippen LogP contribution in [-0.4, -0.2) is 11.6 Å². The Morgan fingerprint density at radius 2 is 1.74 bits per heavy atom. The van der Waals surface area contributed by atoms with Crippen molar-refractivity contribution in [2.24, 2.45) is 10.5 Å². The molecular formula is C26H29N3O2.